The molecule has 0 radical (unpaired) electrons. The molecule has 2 fully saturated rings. The molecule has 0 amide bonds. The summed E-state index contributed by atoms with van der Waals surface area (Å²) in [7, 11) is 0. The number of aliphatic hydroxyl groups is 8. The molecule has 1 aromatic carbocycles. The van der Waals surface area contributed by atoms with E-state index in [2.05, 4.69) is 5.32 Å². The number of ether oxygens (including phenoxy) is 3. The molecular formula is C22H35NO11. The van der Waals surface area contributed by atoms with Crippen LogP contribution < -0.4 is 5.32 Å². The van der Waals surface area contributed by atoms with Gasteiger partial charge in [-0.05, 0) is 12.0 Å². The summed E-state index contributed by atoms with van der Waals surface area (Å²) in [4.78, 5) is 0. The summed E-state index contributed by atoms with van der Waals surface area (Å²) in [5.74, 6) is 0. The second kappa shape index (κ2) is 11.6. The predicted octanol–water partition coefficient (Wildman–Crippen LogP) is -3.50. The van der Waals surface area contributed by atoms with Gasteiger partial charge in [0.2, 0.25) is 0 Å². The smallest absolute Gasteiger partial charge is 0.187 e. The van der Waals surface area contributed by atoms with Crippen molar-refractivity contribution >= 4 is 0 Å². The molecule has 0 aliphatic carbocycles. The van der Waals surface area contributed by atoms with Crippen molar-refractivity contribution < 1.29 is 55.1 Å². The minimum atomic E-state index is -1.74. The normalized spacial score (nSPS) is 40.6. The largest absolute Gasteiger partial charge is 0.394 e. The number of hydrogen-bond donors (Lipinski definition) is 9. The Hall–Kier alpha value is -1.26. The van der Waals surface area contributed by atoms with Crippen LogP contribution in [0.4, 0.5) is 0 Å². The molecule has 0 bridgehead atoms. The van der Waals surface area contributed by atoms with E-state index in [9.17, 15) is 40.9 Å². The Bertz CT molecular complexity index is 748. The second-order valence-corrected chi connectivity index (χ2v) is 8.66. The van der Waals surface area contributed by atoms with Gasteiger partial charge in [0.15, 0.2) is 6.29 Å². The number of nitrogens with one attached hydrogen (secondary N) is 1. The molecule has 11 atom stereocenters. The highest BCUT2D eigenvalue weighted by Gasteiger charge is 2.51. The van der Waals surface area contributed by atoms with E-state index in [1.54, 1.807) is 24.3 Å². The van der Waals surface area contributed by atoms with Gasteiger partial charge in [-0.1, -0.05) is 37.3 Å². The van der Waals surface area contributed by atoms with Crippen LogP contribution in [0.1, 0.15) is 18.9 Å². The monoisotopic (exact) mass is 489 g/mol. The Morgan fingerprint density at radius 3 is 2.03 bits per heavy atom. The first-order valence-corrected chi connectivity index (χ1v) is 11.3. The Kier molecular flexibility index (Phi) is 9.36. The van der Waals surface area contributed by atoms with Crippen LogP contribution in [0.2, 0.25) is 0 Å². The minimum absolute atomic E-state index is 0.342. The number of benzene rings is 1. The van der Waals surface area contributed by atoms with Gasteiger partial charge in [0, 0.05) is 0 Å². The highest BCUT2D eigenvalue weighted by Crippen LogP contribution is 2.32. The van der Waals surface area contributed by atoms with Gasteiger partial charge < -0.3 is 55.1 Å². The van der Waals surface area contributed by atoms with Crippen LogP contribution in [0.3, 0.4) is 0 Å². The Morgan fingerprint density at radius 1 is 0.824 bits per heavy atom. The third-order valence-electron chi connectivity index (χ3n) is 6.62. The summed E-state index contributed by atoms with van der Waals surface area (Å²) in [6.45, 7) is 0.168. The number of hydrogen-bond acceptors (Lipinski definition) is 12. The third-order valence-corrected chi connectivity index (χ3v) is 6.62. The Morgan fingerprint density at radius 2 is 1.47 bits per heavy atom. The van der Waals surface area contributed by atoms with E-state index in [1.807, 2.05) is 13.0 Å². The van der Waals surface area contributed by atoms with Gasteiger partial charge in [0.25, 0.3) is 0 Å². The zero-order valence-electron chi connectivity index (χ0n) is 18.8. The van der Waals surface area contributed by atoms with Crippen LogP contribution in [0.15, 0.2) is 30.3 Å². The van der Waals surface area contributed by atoms with Gasteiger partial charge in [-0.2, -0.15) is 0 Å². The van der Waals surface area contributed by atoms with Gasteiger partial charge in [0.05, 0.1) is 25.4 Å². The van der Waals surface area contributed by atoms with Crippen LogP contribution in [-0.4, -0.2) is 122 Å². The van der Waals surface area contributed by atoms with Crippen LogP contribution in [0.5, 0.6) is 0 Å². The summed E-state index contributed by atoms with van der Waals surface area (Å²) in [5.41, 5.74) is -0.289. The van der Waals surface area contributed by atoms with Gasteiger partial charge in [-0.3, -0.25) is 5.32 Å². The molecule has 34 heavy (non-hydrogen) atoms. The first kappa shape index (κ1) is 27.3. The zero-order valence-corrected chi connectivity index (χ0v) is 18.8. The molecule has 0 saturated carbocycles. The Labute approximate surface area is 197 Å². The highest BCUT2D eigenvalue weighted by atomic mass is 16.7. The van der Waals surface area contributed by atoms with Crippen LogP contribution >= 0.6 is 0 Å². The van der Waals surface area contributed by atoms with E-state index in [-0.39, 0.29) is 6.61 Å². The molecule has 3 rings (SSSR count). The lowest BCUT2D eigenvalue weighted by atomic mass is 9.86. The molecule has 9 N–H and O–H groups in total. The lowest BCUT2D eigenvalue weighted by molar-refractivity contribution is -0.344. The van der Waals surface area contributed by atoms with Gasteiger partial charge >= 0.3 is 0 Å². The molecule has 194 valence electrons. The summed E-state index contributed by atoms with van der Waals surface area (Å²) < 4.78 is 16.7. The molecule has 12 heteroatoms. The van der Waals surface area contributed by atoms with Crippen molar-refractivity contribution in [2.45, 2.75) is 80.2 Å². The van der Waals surface area contributed by atoms with E-state index < -0.39 is 80.1 Å². The molecule has 12 nitrogen and oxygen atoms in total. The van der Waals surface area contributed by atoms with E-state index in [1.165, 1.54) is 0 Å². The lowest BCUT2D eigenvalue weighted by Gasteiger charge is -2.48. The van der Waals surface area contributed by atoms with Crippen molar-refractivity contribution in [3.63, 3.8) is 0 Å². The first-order chi connectivity index (χ1) is 16.2. The molecule has 2 aliphatic heterocycles. The van der Waals surface area contributed by atoms with E-state index in [4.69, 9.17) is 14.2 Å². The minimum Gasteiger partial charge on any atom is -0.394 e. The average molecular weight is 490 g/mol. The van der Waals surface area contributed by atoms with E-state index >= 15 is 0 Å². The van der Waals surface area contributed by atoms with Crippen LogP contribution in [-0.2, 0) is 19.7 Å². The quantitative estimate of drug-likeness (QED) is 0.166. The Balaban J connectivity index is 1.78. The van der Waals surface area contributed by atoms with Crippen molar-refractivity contribution in [1.82, 2.24) is 5.32 Å². The summed E-state index contributed by atoms with van der Waals surface area (Å²) >= 11 is 0. The lowest BCUT2D eigenvalue weighted by Crippen LogP contribution is -2.68. The molecule has 1 aromatic rings. The maximum absolute atomic E-state index is 10.8. The fourth-order valence-electron chi connectivity index (χ4n) is 4.38. The van der Waals surface area contributed by atoms with Crippen LogP contribution in [0.25, 0.3) is 0 Å². The molecule has 0 aromatic heterocycles. The van der Waals surface area contributed by atoms with Crippen molar-refractivity contribution in [3.05, 3.63) is 35.9 Å². The van der Waals surface area contributed by atoms with Gasteiger partial charge in [0.1, 0.15) is 55.1 Å². The molecule has 2 aliphatic rings. The second-order valence-electron chi connectivity index (χ2n) is 8.66. The van der Waals surface area contributed by atoms with Gasteiger partial charge in [-0.25, -0.2) is 0 Å². The van der Waals surface area contributed by atoms with Crippen molar-refractivity contribution in [1.29, 1.82) is 0 Å². The summed E-state index contributed by atoms with van der Waals surface area (Å²) in [5, 5.41) is 84.2. The van der Waals surface area contributed by atoms with E-state index in [0.29, 0.717) is 6.42 Å². The molecule has 2 heterocycles. The predicted molar refractivity (Wildman–Crippen MR) is 115 cm³/mol. The van der Waals surface area contributed by atoms with Crippen LogP contribution in [0, 0.1) is 0 Å². The topological polar surface area (TPSA) is 202 Å². The summed E-state index contributed by atoms with van der Waals surface area (Å²) in [6, 6.07) is 9.01. The maximum atomic E-state index is 10.8. The maximum Gasteiger partial charge on any atom is 0.187 e. The molecular weight excluding hydrogens is 454 g/mol. The summed E-state index contributed by atoms with van der Waals surface area (Å²) in [6.07, 6.45) is -14.5. The highest BCUT2D eigenvalue weighted by molar-refractivity contribution is 5.25. The number of rotatable bonds is 9. The molecule has 2 unspecified atom stereocenters. The SMILES string of the molecule is CCC(CO)(NC1O[C@H](CO)[C@@H](O[C@@H]2O[C@H](CO)[C@H](O)[C@H](O)[C@H]2O)[C@H](O)[C@H]1O)c1ccccc1. The first-order valence-electron chi connectivity index (χ1n) is 11.3. The molecule has 0 spiro atoms. The number of aliphatic hydroxyl groups excluding tert-OH is 8. The van der Waals surface area contributed by atoms with Gasteiger partial charge in [-0.15, -0.1) is 0 Å². The fraction of sp³-hybridized carbons (Fsp3) is 0.727. The van der Waals surface area contributed by atoms with E-state index in [0.717, 1.165) is 5.56 Å². The average Bonchev–Trinajstić information content (AvgIpc) is 2.87. The fourth-order valence-corrected chi connectivity index (χ4v) is 4.38. The third kappa shape index (κ3) is 5.28. The van der Waals surface area contributed by atoms with Crippen molar-refractivity contribution in [2.75, 3.05) is 19.8 Å². The zero-order chi connectivity index (χ0) is 25.0. The van der Waals surface area contributed by atoms with Crippen molar-refractivity contribution in [3.8, 4) is 0 Å². The van der Waals surface area contributed by atoms with Crippen molar-refractivity contribution in [2.24, 2.45) is 0 Å². The molecule has 2 saturated heterocycles. The standard InChI is InChI=1S/C22H35NO11/c1-2-22(10-26,11-6-4-3-5-7-11)23-20-17(30)16(29)19(13(9-25)32-20)34-21-18(31)15(28)14(27)12(8-24)33-21/h3-7,12-21,23-31H,2,8-10H2,1H3/t12-,13-,14+,15+,16-,17-,18-,19-,20?,21+,22?/m1/s1.